The number of carbonyl (C=O) groups excluding carboxylic acids is 1. The number of likely N-dealkylation sites (N-methyl/N-ethyl adjacent to an activating group) is 1. The molecule has 0 aromatic heterocycles. The predicted molar refractivity (Wildman–Crippen MR) is 104 cm³/mol. The fourth-order valence-corrected chi connectivity index (χ4v) is 3.85. The van der Waals surface area contributed by atoms with Crippen molar-refractivity contribution < 1.29 is 33.6 Å². The van der Waals surface area contributed by atoms with Crippen LogP contribution in [0.5, 0.6) is 23.0 Å². The molecule has 0 bridgehead atoms. The van der Waals surface area contributed by atoms with Gasteiger partial charge in [0, 0.05) is 18.2 Å². The maximum atomic E-state index is 13.2. The van der Waals surface area contributed by atoms with Gasteiger partial charge in [-0.1, -0.05) is 12.1 Å². The van der Waals surface area contributed by atoms with E-state index in [9.17, 15) is 14.7 Å². The van der Waals surface area contributed by atoms with Gasteiger partial charge in [0.05, 0.1) is 34.5 Å². The average molecular weight is 401 g/mol. The van der Waals surface area contributed by atoms with Crippen molar-refractivity contribution in [3.05, 3.63) is 47.0 Å². The van der Waals surface area contributed by atoms with Gasteiger partial charge < -0.3 is 29.0 Å². The molecular formula is C21H23NO7. The fraction of sp³-hybridized carbons (Fsp3) is 0.333. The molecular weight excluding hydrogens is 378 g/mol. The van der Waals surface area contributed by atoms with E-state index in [1.807, 2.05) is 0 Å². The lowest BCUT2D eigenvalue weighted by molar-refractivity contribution is -0.140. The highest BCUT2D eigenvalue weighted by molar-refractivity contribution is 6.01. The summed E-state index contributed by atoms with van der Waals surface area (Å²) in [5, 5.41) is 10.1. The van der Waals surface area contributed by atoms with Crippen molar-refractivity contribution in [2.24, 2.45) is 0 Å². The zero-order valence-electron chi connectivity index (χ0n) is 16.9. The Balaban J connectivity index is 2.29. The Bertz CT molecular complexity index is 956. The number of carbonyl (C=O) groups is 2. The molecule has 1 heterocycles. The Morgan fingerprint density at radius 1 is 0.931 bits per heavy atom. The molecule has 0 aliphatic carbocycles. The number of fused-ring (bicyclic) bond motifs is 1. The highest BCUT2D eigenvalue weighted by atomic mass is 16.5. The molecule has 0 saturated heterocycles. The number of carboxylic acid groups (broad SMARTS) is 1. The number of benzene rings is 2. The fourth-order valence-electron chi connectivity index (χ4n) is 3.85. The van der Waals surface area contributed by atoms with Crippen LogP contribution in [-0.4, -0.2) is 57.4 Å². The number of carboxylic acids is 1. The van der Waals surface area contributed by atoms with Crippen molar-refractivity contribution in [2.45, 2.75) is 12.0 Å². The van der Waals surface area contributed by atoms with Crippen LogP contribution in [0.15, 0.2) is 30.3 Å². The second-order valence-corrected chi connectivity index (χ2v) is 6.55. The van der Waals surface area contributed by atoms with E-state index in [2.05, 4.69) is 0 Å². The summed E-state index contributed by atoms with van der Waals surface area (Å²) in [5.74, 6) is -0.904. The Kier molecular flexibility index (Phi) is 5.54. The van der Waals surface area contributed by atoms with E-state index in [0.717, 1.165) is 0 Å². The van der Waals surface area contributed by atoms with Crippen LogP contribution in [0.3, 0.4) is 0 Å². The van der Waals surface area contributed by atoms with E-state index in [-0.39, 0.29) is 11.5 Å². The molecule has 8 heteroatoms. The Morgan fingerprint density at radius 2 is 1.55 bits per heavy atom. The second-order valence-electron chi connectivity index (χ2n) is 6.55. The Hall–Kier alpha value is -3.42. The molecule has 1 N–H and O–H groups in total. The van der Waals surface area contributed by atoms with E-state index in [1.54, 1.807) is 31.3 Å². The van der Waals surface area contributed by atoms with E-state index in [4.69, 9.17) is 18.9 Å². The molecule has 0 spiro atoms. The summed E-state index contributed by atoms with van der Waals surface area (Å²) in [4.78, 5) is 26.9. The number of aliphatic carboxylic acids is 1. The normalized spacial score (nSPS) is 18.1. The van der Waals surface area contributed by atoms with Crippen LogP contribution in [0.4, 0.5) is 0 Å². The van der Waals surface area contributed by atoms with Crippen molar-refractivity contribution in [2.75, 3.05) is 35.5 Å². The van der Waals surface area contributed by atoms with Crippen LogP contribution in [-0.2, 0) is 4.79 Å². The van der Waals surface area contributed by atoms with Gasteiger partial charge in [0.25, 0.3) is 5.91 Å². The molecule has 3 rings (SSSR count). The summed E-state index contributed by atoms with van der Waals surface area (Å²) in [7, 11) is 7.46. The molecule has 2 aromatic rings. The largest absolute Gasteiger partial charge is 0.493 e. The number of hydrogen-bond donors (Lipinski definition) is 1. The maximum Gasteiger partial charge on any atom is 0.313 e. The summed E-state index contributed by atoms with van der Waals surface area (Å²) >= 11 is 0. The first kappa shape index (κ1) is 20.3. The van der Waals surface area contributed by atoms with Gasteiger partial charge >= 0.3 is 5.97 Å². The summed E-state index contributed by atoms with van der Waals surface area (Å²) in [6.07, 6.45) is 0. The minimum Gasteiger partial charge on any atom is -0.493 e. The number of nitrogens with zero attached hydrogens (tertiary/aromatic N) is 1. The zero-order valence-corrected chi connectivity index (χ0v) is 16.9. The van der Waals surface area contributed by atoms with Gasteiger partial charge in [-0.15, -0.1) is 0 Å². The van der Waals surface area contributed by atoms with Crippen molar-refractivity contribution in [3.8, 4) is 23.0 Å². The van der Waals surface area contributed by atoms with Gasteiger partial charge in [-0.2, -0.15) is 0 Å². The van der Waals surface area contributed by atoms with Crippen LogP contribution >= 0.6 is 0 Å². The molecule has 154 valence electrons. The molecule has 2 aromatic carbocycles. The number of amides is 1. The molecule has 8 nitrogen and oxygen atoms in total. The zero-order chi connectivity index (χ0) is 21.3. The first-order valence-corrected chi connectivity index (χ1v) is 8.86. The number of rotatable bonds is 6. The van der Waals surface area contributed by atoms with Crippen molar-refractivity contribution >= 4 is 11.9 Å². The molecule has 0 radical (unpaired) electrons. The van der Waals surface area contributed by atoms with Gasteiger partial charge in [0.1, 0.15) is 5.92 Å². The molecule has 1 aliphatic rings. The molecule has 2 atom stereocenters. The summed E-state index contributed by atoms with van der Waals surface area (Å²) < 4.78 is 21.5. The van der Waals surface area contributed by atoms with Crippen LogP contribution in [0.25, 0.3) is 0 Å². The molecule has 0 fully saturated rings. The standard InChI is InChI=1S/C21H23NO7/c1-22-18(11-7-6-8-14(26-2)19(11)29-5)17(21(24)25)12-9-15(27-3)16(28-4)10-13(12)20(22)23/h6-10,17-18H,1-5H3,(H,24,25)/t17-,18+/m0/s1. The summed E-state index contributed by atoms with van der Waals surface area (Å²) in [6.45, 7) is 0. The monoisotopic (exact) mass is 401 g/mol. The third-order valence-corrected chi connectivity index (χ3v) is 5.19. The predicted octanol–water partition coefficient (Wildman–Crippen LogP) is 2.72. The second kappa shape index (κ2) is 7.90. The smallest absolute Gasteiger partial charge is 0.313 e. The maximum absolute atomic E-state index is 13.2. The lowest BCUT2D eigenvalue weighted by atomic mass is 9.79. The topological polar surface area (TPSA) is 94.5 Å². The molecule has 0 saturated carbocycles. The van der Waals surface area contributed by atoms with Crippen LogP contribution in [0.1, 0.15) is 33.4 Å². The molecule has 29 heavy (non-hydrogen) atoms. The molecule has 1 amide bonds. The average Bonchev–Trinajstić information content (AvgIpc) is 2.74. The molecule has 0 unspecified atom stereocenters. The van der Waals surface area contributed by atoms with Crippen molar-refractivity contribution in [3.63, 3.8) is 0 Å². The summed E-state index contributed by atoms with van der Waals surface area (Å²) in [5.41, 5.74) is 1.15. The van der Waals surface area contributed by atoms with Gasteiger partial charge in [0.2, 0.25) is 0 Å². The van der Waals surface area contributed by atoms with Gasteiger partial charge in [-0.25, -0.2) is 0 Å². The number of methoxy groups -OCH3 is 4. The van der Waals surface area contributed by atoms with Gasteiger partial charge in [-0.05, 0) is 23.8 Å². The highest BCUT2D eigenvalue weighted by Crippen LogP contribution is 2.48. The minimum absolute atomic E-state index is 0.260. The van der Waals surface area contributed by atoms with Crippen molar-refractivity contribution in [1.82, 2.24) is 4.90 Å². The lowest BCUT2D eigenvalue weighted by Gasteiger charge is -2.39. The van der Waals surface area contributed by atoms with Gasteiger partial charge in [0.15, 0.2) is 23.0 Å². The number of hydrogen-bond acceptors (Lipinski definition) is 6. The first-order valence-electron chi connectivity index (χ1n) is 8.86. The summed E-state index contributed by atoms with van der Waals surface area (Å²) in [6, 6.07) is 7.44. The number of para-hydroxylation sites is 1. The van der Waals surface area contributed by atoms with Crippen LogP contribution in [0, 0.1) is 0 Å². The highest BCUT2D eigenvalue weighted by Gasteiger charge is 2.45. The lowest BCUT2D eigenvalue weighted by Crippen LogP contribution is -2.42. The number of ether oxygens (including phenoxy) is 4. The molecule has 1 aliphatic heterocycles. The van der Waals surface area contributed by atoms with Crippen molar-refractivity contribution in [1.29, 1.82) is 0 Å². The first-order chi connectivity index (χ1) is 13.9. The SMILES string of the molecule is COc1cc2c(cc1OC)[C@H](C(=O)O)[C@@H](c1cccc(OC)c1OC)N(C)C2=O. The Morgan fingerprint density at radius 3 is 2.10 bits per heavy atom. The van der Waals surface area contributed by atoms with E-state index >= 15 is 0 Å². The third-order valence-electron chi connectivity index (χ3n) is 5.19. The van der Waals surface area contributed by atoms with E-state index in [0.29, 0.717) is 34.1 Å². The van der Waals surface area contributed by atoms with Crippen LogP contribution in [0.2, 0.25) is 0 Å². The van der Waals surface area contributed by atoms with E-state index < -0.39 is 17.9 Å². The quantitative estimate of drug-likeness (QED) is 0.795. The third kappa shape index (κ3) is 3.20. The Labute approximate surface area is 168 Å². The van der Waals surface area contributed by atoms with Gasteiger partial charge in [-0.3, -0.25) is 9.59 Å². The minimum atomic E-state index is -1.08. The van der Waals surface area contributed by atoms with E-state index in [1.165, 1.54) is 39.4 Å². The van der Waals surface area contributed by atoms with Crippen LogP contribution < -0.4 is 18.9 Å².